The van der Waals surface area contributed by atoms with E-state index in [-0.39, 0.29) is 0 Å². The van der Waals surface area contributed by atoms with Gasteiger partial charge in [-0.15, -0.1) is 0 Å². The third-order valence-electron chi connectivity index (χ3n) is 1.28. The van der Waals surface area contributed by atoms with Gasteiger partial charge in [-0.1, -0.05) is 0 Å². The van der Waals surface area contributed by atoms with Crippen LogP contribution in [-0.4, -0.2) is 39.4 Å². The molecular weight excluding hydrogens is 187 g/mol. The van der Waals surface area contributed by atoms with Gasteiger partial charge in [0.15, 0.2) is 0 Å². The maximum absolute atomic E-state index is 10.4. The largest absolute Gasteiger partial charge is 0.413 e. The Hall–Kier alpha value is 0.420. The number of hydrogen-bond acceptors (Lipinski definition) is 3. The second kappa shape index (κ2) is 3.89. The van der Waals surface area contributed by atoms with E-state index in [1.165, 1.54) is 0 Å². The van der Waals surface area contributed by atoms with Gasteiger partial charge in [0.25, 0.3) is 0 Å². The Morgan fingerprint density at radius 3 is 2.36 bits per heavy atom. The topological polar surface area (TPSA) is 72.8 Å². The van der Waals surface area contributed by atoms with Crippen LogP contribution in [0.4, 0.5) is 0 Å². The molecule has 1 rings (SSSR count). The van der Waals surface area contributed by atoms with Crippen molar-refractivity contribution >= 4 is 19.5 Å². The number of rotatable bonds is 2. The third kappa shape index (κ3) is 4.10. The van der Waals surface area contributed by atoms with Crippen molar-refractivity contribution in [1.29, 1.82) is 0 Å². The molecule has 1 aliphatic rings. The zero-order valence-electron chi connectivity index (χ0n) is 5.93. The Morgan fingerprint density at radius 1 is 1.36 bits per heavy atom. The molecule has 0 aromatic rings. The van der Waals surface area contributed by atoms with Gasteiger partial charge < -0.3 is 9.79 Å². The quantitative estimate of drug-likeness (QED) is 0.526. The molecule has 0 aromatic carbocycles. The maximum atomic E-state index is 10.4. The number of nitrogens with one attached hydrogen (secondary N) is 1. The summed E-state index contributed by atoms with van der Waals surface area (Å²) in [5.74, 6) is 1.85. The van der Waals surface area contributed by atoms with Crippen molar-refractivity contribution in [1.82, 2.24) is 10.2 Å². The monoisotopic (exact) mass is 198 g/mol. The van der Waals surface area contributed by atoms with Crippen molar-refractivity contribution in [2.24, 2.45) is 0 Å². The molecule has 3 N–H and O–H groups in total. The van der Waals surface area contributed by atoms with Crippen LogP contribution in [0.5, 0.6) is 0 Å². The SMILES string of the molecule is O=P(O)(O)NN1CCSCC1. The van der Waals surface area contributed by atoms with Gasteiger partial charge in [0.05, 0.1) is 0 Å². The van der Waals surface area contributed by atoms with E-state index in [4.69, 9.17) is 9.79 Å². The van der Waals surface area contributed by atoms with Gasteiger partial charge in [-0.3, -0.25) is 0 Å². The molecule has 11 heavy (non-hydrogen) atoms. The van der Waals surface area contributed by atoms with Crippen molar-refractivity contribution in [2.75, 3.05) is 24.6 Å². The van der Waals surface area contributed by atoms with E-state index in [0.717, 1.165) is 11.5 Å². The summed E-state index contributed by atoms with van der Waals surface area (Å²) in [5, 5.41) is 3.71. The van der Waals surface area contributed by atoms with Crippen LogP contribution in [-0.2, 0) is 4.57 Å². The number of hydrogen-bond donors (Lipinski definition) is 3. The van der Waals surface area contributed by atoms with Crippen molar-refractivity contribution in [2.45, 2.75) is 0 Å². The summed E-state index contributed by atoms with van der Waals surface area (Å²) in [6.07, 6.45) is 0. The predicted octanol–water partition coefficient (Wildman–Crippen LogP) is -0.368. The number of nitrogens with zero attached hydrogens (tertiary/aromatic N) is 1. The highest BCUT2D eigenvalue weighted by molar-refractivity contribution is 7.99. The molecule has 0 spiro atoms. The van der Waals surface area contributed by atoms with E-state index in [1.807, 2.05) is 0 Å². The molecule has 1 heterocycles. The molecule has 0 unspecified atom stereocenters. The van der Waals surface area contributed by atoms with Gasteiger partial charge in [0.2, 0.25) is 0 Å². The minimum Gasteiger partial charge on any atom is -0.312 e. The van der Waals surface area contributed by atoms with Gasteiger partial charge in [-0.05, 0) is 0 Å². The summed E-state index contributed by atoms with van der Waals surface area (Å²) >= 11 is 1.79. The predicted molar refractivity (Wildman–Crippen MR) is 44.1 cm³/mol. The highest BCUT2D eigenvalue weighted by Gasteiger charge is 2.19. The fourth-order valence-electron chi connectivity index (χ4n) is 0.848. The van der Waals surface area contributed by atoms with Crippen LogP contribution in [0.3, 0.4) is 0 Å². The highest BCUT2D eigenvalue weighted by Crippen LogP contribution is 2.29. The zero-order valence-corrected chi connectivity index (χ0v) is 7.64. The number of thioether (sulfide) groups is 1. The van der Waals surface area contributed by atoms with Crippen LogP contribution < -0.4 is 5.20 Å². The van der Waals surface area contributed by atoms with E-state index in [2.05, 4.69) is 5.20 Å². The minimum atomic E-state index is -4.07. The van der Waals surface area contributed by atoms with Gasteiger partial charge >= 0.3 is 7.75 Å². The highest BCUT2D eigenvalue weighted by atomic mass is 32.2. The average molecular weight is 198 g/mol. The fourth-order valence-corrected chi connectivity index (χ4v) is 2.32. The second-order valence-corrected chi connectivity index (χ2v) is 4.76. The van der Waals surface area contributed by atoms with Gasteiger partial charge in [0.1, 0.15) is 0 Å². The standard InChI is InChI=1S/C4H11N2O3PS/c7-10(8,9)5-6-1-3-11-4-2-6/h1-4H2,(H3,5,7,8,9). The van der Waals surface area contributed by atoms with Crippen LogP contribution in [0.2, 0.25) is 0 Å². The Kier molecular flexibility index (Phi) is 3.36. The molecule has 5 nitrogen and oxygen atoms in total. The van der Waals surface area contributed by atoms with Crippen LogP contribution in [0.25, 0.3) is 0 Å². The summed E-state index contributed by atoms with van der Waals surface area (Å²) in [6, 6.07) is 0. The Labute approximate surface area is 69.3 Å². The molecule has 0 amide bonds. The second-order valence-electron chi connectivity index (χ2n) is 2.24. The summed E-state index contributed by atoms with van der Waals surface area (Å²) in [5.41, 5.74) is 0. The minimum absolute atomic E-state index is 0.690. The molecule has 0 aromatic heterocycles. The molecule has 0 bridgehead atoms. The maximum Gasteiger partial charge on any atom is 0.413 e. The summed E-state index contributed by atoms with van der Waals surface area (Å²) < 4.78 is 10.4. The van der Waals surface area contributed by atoms with Crippen LogP contribution in [0, 0.1) is 0 Å². The van der Waals surface area contributed by atoms with Gasteiger partial charge in [-0.2, -0.15) is 17.0 Å². The van der Waals surface area contributed by atoms with Crippen molar-refractivity contribution in [3.05, 3.63) is 0 Å². The first kappa shape index (κ1) is 9.51. The van der Waals surface area contributed by atoms with Crippen molar-refractivity contribution < 1.29 is 14.4 Å². The lowest BCUT2D eigenvalue weighted by molar-refractivity contribution is 0.223. The fraction of sp³-hybridized carbons (Fsp3) is 1.00. The Balaban J connectivity index is 2.30. The molecule has 0 atom stereocenters. The lowest BCUT2D eigenvalue weighted by atomic mass is 10.6. The lowest BCUT2D eigenvalue weighted by Crippen LogP contribution is -2.41. The van der Waals surface area contributed by atoms with E-state index in [9.17, 15) is 4.57 Å². The van der Waals surface area contributed by atoms with E-state index in [1.54, 1.807) is 16.8 Å². The van der Waals surface area contributed by atoms with Crippen molar-refractivity contribution in [3.63, 3.8) is 0 Å². The molecule has 66 valence electrons. The lowest BCUT2D eigenvalue weighted by Gasteiger charge is -2.26. The molecule has 0 radical (unpaired) electrons. The van der Waals surface area contributed by atoms with E-state index < -0.39 is 7.75 Å². The summed E-state index contributed by atoms with van der Waals surface area (Å²) in [4.78, 5) is 17.0. The first-order valence-electron chi connectivity index (χ1n) is 3.24. The molecule has 1 fully saturated rings. The van der Waals surface area contributed by atoms with Gasteiger partial charge in [0, 0.05) is 24.6 Å². The zero-order chi connectivity index (χ0) is 8.32. The van der Waals surface area contributed by atoms with E-state index >= 15 is 0 Å². The van der Waals surface area contributed by atoms with E-state index in [0.29, 0.717) is 13.1 Å². The van der Waals surface area contributed by atoms with Crippen LogP contribution in [0.1, 0.15) is 0 Å². The smallest absolute Gasteiger partial charge is 0.312 e. The number of hydrazine groups is 1. The molecule has 0 saturated carbocycles. The Bertz CT molecular complexity index is 167. The van der Waals surface area contributed by atoms with Crippen molar-refractivity contribution in [3.8, 4) is 0 Å². The summed E-state index contributed by atoms with van der Waals surface area (Å²) in [7, 11) is -4.07. The Morgan fingerprint density at radius 2 is 1.91 bits per heavy atom. The average Bonchev–Trinajstić information content (AvgIpc) is 1.85. The molecular formula is C4H11N2O3PS. The molecule has 0 aliphatic carbocycles. The van der Waals surface area contributed by atoms with Gasteiger partial charge in [-0.25, -0.2) is 9.57 Å². The molecule has 1 saturated heterocycles. The third-order valence-corrected chi connectivity index (χ3v) is 2.77. The first-order valence-corrected chi connectivity index (χ1v) is 6.01. The molecule has 7 heteroatoms. The molecule has 1 aliphatic heterocycles. The normalized spacial score (nSPS) is 22.0. The first-order chi connectivity index (χ1) is 5.08. The van der Waals surface area contributed by atoms with Crippen LogP contribution >= 0.6 is 19.5 Å². The van der Waals surface area contributed by atoms with Crippen LogP contribution in [0.15, 0.2) is 0 Å². The summed E-state index contributed by atoms with van der Waals surface area (Å²) in [6.45, 7) is 1.38.